The molecule has 1 fully saturated rings. The number of anilines is 1. The highest BCUT2D eigenvalue weighted by Gasteiger charge is 2.13. The van der Waals surface area contributed by atoms with E-state index in [2.05, 4.69) is 21.5 Å². The fourth-order valence-electron chi connectivity index (χ4n) is 3.18. The largest absolute Gasteiger partial charge is 0.497 e. The summed E-state index contributed by atoms with van der Waals surface area (Å²) in [4.78, 5) is 14.3. The van der Waals surface area contributed by atoms with Gasteiger partial charge in [-0.25, -0.2) is 5.43 Å². The van der Waals surface area contributed by atoms with Gasteiger partial charge in [0.05, 0.1) is 20.4 Å². The maximum absolute atomic E-state index is 11.9. The van der Waals surface area contributed by atoms with Gasteiger partial charge in [-0.3, -0.25) is 4.79 Å². The fraction of sp³-hybridized carbons (Fsp3) is 0.364. The van der Waals surface area contributed by atoms with Crippen molar-refractivity contribution in [2.75, 3.05) is 38.8 Å². The fourth-order valence-corrected chi connectivity index (χ4v) is 3.18. The van der Waals surface area contributed by atoms with E-state index >= 15 is 0 Å². The van der Waals surface area contributed by atoms with Gasteiger partial charge in [0.15, 0.2) is 6.61 Å². The topological polar surface area (TPSA) is 72.4 Å². The molecular weight excluding hydrogens is 370 g/mol. The molecule has 0 bridgehead atoms. The highest BCUT2D eigenvalue weighted by molar-refractivity contribution is 5.86. The lowest BCUT2D eigenvalue weighted by Crippen LogP contribution is -2.29. The molecule has 3 rings (SSSR count). The van der Waals surface area contributed by atoms with Crippen molar-refractivity contribution in [1.82, 2.24) is 5.43 Å². The molecule has 1 saturated heterocycles. The average Bonchev–Trinajstić information content (AvgIpc) is 2.78. The minimum absolute atomic E-state index is 0.130. The quantitative estimate of drug-likeness (QED) is 0.547. The standard InChI is InChI=1S/C22H27N3O4/c1-27-19-8-10-20(11-9-19)29-16-22(26)24-23-15-17-6-7-18(14-21(17)28-2)25-12-4-3-5-13-25/h6-11,14-15H,3-5,12-13,16H2,1-2H3,(H,24,26)/b23-15+. The molecule has 0 radical (unpaired) electrons. The second-order valence-corrected chi connectivity index (χ2v) is 6.73. The van der Waals surface area contributed by atoms with Gasteiger partial charge in [0.25, 0.3) is 5.91 Å². The first-order chi connectivity index (χ1) is 14.2. The number of methoxy groups -OCH3 is 2. The van der Waals surface area contributed by atoms with Crippen molar-refractivity contribution in [1.29, 1.82) is 0 Å². The van der Waals surface area contributed by atoms with Crippen LogP contribution >= 0.6 is 0 Å². The van der Waals surface area contributed by atoms with Crippen molar-refractivity contribution in [3.63, 3.8) is 0 Å². The number of piperidine rings is 1. The highest BCUT2D eigenvalue weighted by Crippen LogP contribution is 2.26. The first-order valence-corrected chi connectivity index (χ1v) is 9.71. The number of ether oxygens (including phenoxy) is 3. The summed E-state index contributed by atoms with van der Waals surface area (Å²) in [5, 5.41) is 4.01. The Bertz CT molecular complexity index is 830. The lowest BCUT2D eigenvalue weighted by molar-refractivity contribution is -0.123. The van der Waals surface area contributed by atoms with Crippen LogP contribution in [0.25, 0.3) is 0 Å². The molecule has 7 nitrogen and oxygen atoms in total. The van der Waals surface area contributed by atoms with Gasteiger partial charge in [-0.2, -0.15) is 5.10 Å². The van der Waals surface area contributed by atoms with Gasteiger partial charge in [0.2, 0.25) is 0 Å². The zero-order valence-electron chi connectivity index (χ0n) is 16.9. The molecule has 1 aliphatic rings. The van der Waals surface area contributed by atoms with Gasteiger partial charge in [-0.15, -0.1) is 0 Å². The first kappa shape index (κ1) is 20.5. The molecule has 2 aromatic rings. The summed E-state index contributed by atoms with van der Waals surface area (Å²) in [5.74, 6) is 1.69. The lowest BCUT2D eigenvalue weighted by Gasteiger charge is -2.29. The summed E-state index contributed by atoms with van der Waals surface area (Å²) in [6.07, 6.45) is 5.30. The van der Waals surface area contributed by atoms with Crippen molar-refractivity contribution < 1.29 is 19.0 Å². The third-order valence-corrected chi connectivity index (χ3v) is 4.76. The molecule has 0 spiro atoms. The molecule has 1 N–H and O–H groups in total. The Morgan fingerprint density at radius 3 is 2.45 bits per heavy atom. The van der Waals surface area contributed by atoms with Crippen LogP contribution in [-0.4, -0.2) is 46.0 Å². The molecule has 0 atom stereocenters. The molecule has 0 aliphatic carbocycles. The van der Waals surface area contributed by atoms with Crippen LogP contribution in [0.5, 0.6) is 17.2 Å². The molecule has 1 aliphatic heterocycles. The summed E-state index contributed by atoms with van der Waals surface area (Å²) >= 11 is 0. The maximum atomic E-state index is 11.9. The molecule has 0 saturated carbocycles. The minimum Gasteiger partial charge on any atom is -0.497 e. The van der Waals surface area contributed by atoms with Crippen LogP contribution in [0.15, 0.2) is 47.6 Å². The number of amides is 1. The number of hydrazone groups is 1. The summed E-state index contributed by atoms with van der Waals surface area (Å²) < 4.78 is 16.0. The summed E-state index contributed by atoms with van der Waals surface area (Å²) in [6.45, 7) is 2.01. The predicted molar refractivity (Wildman–Crippen MR) is 113 cm³/mol. The monoisotopic (exact) mass is 397 g/mol. The number of hydrogen-bond donors (Lipinski definition) is 1. The molecule has 2 aromatic carbocycles. The second-order valence-electron chi connectivity index (χ2n) is 6.73. The van der Waals surface area contributed by atoms with Crippen LogP contribution < -0.4 is 24.5 Å². The number of carbonyl (C=O) groups excluding carboxylic acids is 1. The second kappa shape index (κ2) is 10.4. The van der Waals surface area contributed by atoms with Crippen molar-refractivity contribution in [2.45, 2.75) is 19.3 Å². The Morgan fingerprint density at radius 1 is 1.03 bits per heavy atom. The van der Waals surface area contributed by atoms with Crippen molar-refractivity contribution in [3.05, 3.63) is 48.0 Å². The maximum Gasteiger partial charge on any atom is 0.277 e. The van der Waals surface area contributed by atoms with E-state index in [-0.39, 0.29) is 12.5 Å². The van der Waals surface area contributed by atoms with Crippen LogP contribution in [0, 0.1) is 0 Å². The van der Waals surface area contributed by atoms with Gasteiger partial charge < -0.3 is 19.1 Å². The number of nitrogens with one attached hydrogen (secondary N) is 1. The van der Waals surface area contributed by atoms with E-state index in [1.54, 1.807) is 44.7 Å². The lowest BCUT2D eigenvalue weighted by atomic mass is 10.1. The van der Waals surface area contributed by atoms with Crippen LogP contribution in [0.3, 0.4) is 0 Å². The van der Waals surface area contributed by atoms with Gasteiger partial charge >= 0.3 is 0 Å². The predicted octanol–water partition coefficient (Wildman–Crippen LogP) is 3.22. The highest BCUT2D eigenvalue weighted by atomic mass is 16.5. The number of nitrogens with zero attached hydrogens (tertiary/aromatic N) is 2. The van der Waals surface area contributed by atoms with Gasteiger partial charge in [0, 0.05) is 30.4 Å². The minimum atomic E-state index is -0.346. The smallest absolute Gasteiger partial charge is 0.277 e. The van der Waals surface area contributed by atoms with Gasteiger partial charge in [0.1, 0.15) is 17.2 Å². The van der Waals surface area contributed by atoms with Gasteiger partial charge in [-0.05, 0) is 55.7 Å². The molecule has 7 heteroatoms. The zero-order chi connectivity index (χ0) is 20.5. The van der Waals surface area contributed by atoms with E-state index in [0.29, 0.717) is 5.75 Å². The number of rotatable bonds is 8. The number of hydrogen-bond acceptors (Lipinski definition) is 6. The van der Waals surface area contributed by atoms with E-state index in [4.69, 9.17) is 14.2 Å². The van der Waals surface area contributed by atoms with E-state index in [1.165, 1.54) is 19.3 Å². The summed E-state index contributed by atoms with van der Waals surface area (Å²) in [6, 6.07) is 13.0. The van der Waals surface area contributed by atoms with Crippen LogP contribution in [0.4, 0.5) is 5.69 Å². The Hall–Kier alpha value is -3.22. The first-order valence-electron chi connectivity index (χ1n) is 9.71. The van der Waals surface area contributed by atoms with E-state index in [0.717, 1.165) is 35.8 Å². The average molecular weight is 397 g/mol. The van der Waals surface area contributed by atoms with E-state index in [9.17, 15) is 4.79 Å². The van der Waals surface area contributed by atoms with E-state index in [1.807, 2.05) is 12.1 Å². The number of benzene rings is 2. The molecule has 29 heavy (non-hydrogen) atoms. The summed E-state index contributed by atoms with van der Waals surface area (Å²) in [5.41, 5.74) is 4.41. The van der Waals surface area contributed by atoms with E-state index < -0.39 is 0 Å². The molecule has 0 unspecified atom stereocenters. The van der Waals surface area contributed by atoms with Crippen molar-refractivity contribution >= 4 is 17.8 Å². The summed E-state index contributed by atoms with van der Waals surface area (Å²) in [7, 11) is 3.23. The van der Waals surface area contributed by atoms with Crippen LogP contribution in [0.2, 0.25) is 0 Å². The third-order valence-electron chi connectivity index (χ3n) is 4.76. The molecular formula is C22H27N3O4. The SMILES string of the molecule is COc1ccc(OCC(=O)N/N=C/c2ccc(N3CCCCC3)cc2OC)cc1. The van der Waals surface area contributed by atoms with Gasteiger partial charge in [-0.1, -0.05) is 0 Å². The van der Waals surface area contributed by atoms with Crippen molar-refractivity contribution in [3.8, 4) is 17.2 Å². The normalized spacial score (nSPS) is 13.9. The Kier molecular flexibility index (Phi) is 7.33. The Labute approximate surface area is 171 Å². The van der Waals surface area contributed by atoms with Crippen LogP contribution in [0.1, 0.15) is 24.8 Å². The van der Waals surface area contributed by atoms with Crippen molar-refractivity contribution in [2.24, 2.45) is 5.10 Å². The molecule has 154 valence electrons. The molecule has 1 heterocycles. The zero-order valence-corrected chi connectivity index (χ0v) is 16.9. The Balaban J connectivity index is 1.52. The number of carbonyl (C=O) groups is 1. The molecule has 1 amide bonds. The van der Waals surface area contributed by atoms with Crippen LogP contribution in [-0.2, 0) is 4.79 Å². The third kappa shape index (κ3) is 5.88. The molecule has 0 aromatic heterocycles. The Morgan fingerprint density at radius 2 is 1.76 bits per heavy atom.